The number of rotatable bonds is 4. The number of pyridine rings is 1. The summed E-state index contributed by atoms with van der Waals surface area (Å²) in [4.78, 5) is 16.0. The summed E-state index contributed by atoms with van der Waals surface area (Å²) in [6.45, 7) is 3.66. The molecule has 0 aromatic carbocycles. The van der Waals surface area contributed by atoms with E-state index in [1.165, 1.54) is 11.8 Å². The number of carbonyl (C=O) groups excluding carboxylic acids is 1. The van der Waals surface area contributed by atoms with Gasteiger partial charge in [-0.25, -0.2) is 4.98 Å². The number of hydrogen-bond donors (Lipinski definition) is 1. The topological polar surface area (TPSA) is 72.7 Å². The molecule has 0 radical (unpaired) electrons. The third kappa shape index (κ3) is 3.29. The van der Waals surface area contributed by atoms with Gasteiger partial charge in [0.1, 0.15) is 5.82 Å². The van der Waals surface area contributed by atoms with E-state index in [0.717, 1.165) is 5.82 Å². The number of aryl methyl sites for hydroxylation is 1. The van der Waals surface area contributed by atoms with Crippen LogP contribution in [0.4, 0.5) is 5.69 Å². The van der Waals surface area contributed by atoms with Crippen LogP contribution < -0.4 is 5.32 Å². The van der Waals surface area contributed by atoms with Crippen molar-refractivity contribution in [2.75, 3.05) is 5.32 Å². The highest BCUT2D eigenvalue weighted by molar-refractivity contribution is 8.00. The Bertz CT molecular complexity index is 630. The average molecular weight is 312 g/mol. The van der Waals surface area contributed by atoms with Crippen LogP contribution in [0, 0.1) is 6.92 Å². The first kappa shape index (κ1) is 14.8. The summed E-state index contributed by atoms with van der Waals surface area (Å²) in [5.41, 5.74) is 0.501. The predicted octanol–water partition coefficient (Wildman–Crippen LogP) is 2.29. The maximum atomic E-state index is 12.1. The maximum absolute atomic E-state index is 12.1. The third-order valence-corrected chi connectivity index (χ3v) is 4.16. The minimum Gasteiger partial charge on any atom is -0.322 e. The number of nitrogens with zero attached hydrogens (tertiary/aromatic N) is 4. The van der Waals surface area contributed by atoms with Crippen molar-refractivity contribution in [1.29, 1.82) is 0 Å². The van der Waals surface area contributed by atoms with Gasteiger partial charge in [0.25, 0.3) is 0 Å². The molecule has 0 saturated carbocycles. The van der Waals surface area contributed by atoms with Gasteiger partial charge in [0.2, 0.25) is 5.91 Å². The molecule has 106 valence electrons. The molecule has 0 aliphatic heterocycles. The maximum Gasteiger partial charge on any atom is 0.237 e. The Hall–Kier alpha value is -1.60. The van der Waals surface area contributed by atoms with E-state index in [1.807, 2.05) is 18.5 Å². The van der Waals surface area contributed by atoms with Gasteiger partial charge in [0.05, 0.1) is 10.9 Å². The number of nitrogens with one attached hydrogen (secondary N) is 1. The zero-order valence-corrected chi connectivity index (χ0v) is 12.9. The summed E-state index contributed by atoms with van der Waals surface area (Å²) in [6.07, 6.45) is 1.57. The molecule has 1 N–H and O–H groups in total. The summed E-state index contributed by atoms with van der Waals surface area (Å²) >= 11 is 7.24. The molecule has 2 heterocycles. The van der Waals surface area contributed by atoms with E-state index in [9.17, 15) is 4.79 Å². The SMILES string of the molecule is Cc1nnc(S[C@H](C)C(=O)Nc2cccnc2Cl)n1C. The fourth-order valence-electron chi connectivity index (χ4n) is 1.42. The summed E-state index contributed by atoms with van der Waals surface area (Å²) in [5, 5.41) is 11.4. The van der Waals surface area contributed by atoms with E-state index in [0.29, 0.717) is 10.8 Å². The second-order valence-corrected chi connectivity index (χ2v) is 5.85. The van der Waals surface area contributed by atoms with E-state index < -0.39 is 0 Å². The monoisotopic (exact) mass is 311 g/mol. The molecule has 8 heteroatoms. The Morgan fingerprint density at radius 2 is 2.25 bits per heavy atom. The van der Waals surface area contributed by atoms with Gasteiger partial charge in [-0.1, -0.05) is 23.4 Å². The lowest BCUT2D eigenvalue weighted by atomic mass is 10.4. The summed E-state index contributed by atoms with van der Waals surface area (Å²) in [5.74, 6) is 0.640. The first-order valence-electron chi connectivity index (χ1n) is 5.93. The van der Waals surface area contributed by atoms with Crippen LogP contribution in [0.15, 0.2) is 23.5 Å². The molecule has 2 rings (SSSR count). The van der Waals surface area contributed by atoms with Crippen LogP contribution in [-0.2, 0) is 11.8 Å². The molecule has 0 bridgehead atoms. The smallest absolute Gasteiger partial charge is 0.237 e. The molecule has 0 spiro atoms. The number of aromatic nitrogens is 4. The molecular formula is C12H14ClN5OS. The number of anilines is 1. The second-order valence-electron chi connectivity index (χ2n) is 4.18. The largest absolute Gasteiger partial charge is 0.322 e. The van der Waals surface area contributed by atoms with Gasteiger partial charge >= 0.3 is 0 Å². The lowest BCUT2D eigenvalue weighted by Gasteiger charge is -2.11. The van der Waals surface area contributed by atoms with Crippen molar-refractivity contribution in [2.24, 2.45) is 7.05 Å². The molecule has 6 nitrogen and oxygen atoms in total. The van der Waals surface area contributed by atoms with Gasteiger partial charge in [-0.05, 0) is 26.0 Å². The molecule has 0 unspecified atom stereocenters. The average Bonchev–Trinajstić information content (AvgIpc) is 2.73. The van der Waals surface area contributed by atoms with Crippen LogP contribution >= 0.6 is 23.4 Å². The summed E-state index contributed by atoms with van der Waals surface area (Å²) in [7, 11) is 1.86. The van der Waals surface area contributed by atoms with Gasteiger partial charge in [-0.15, -0.1) is 10.2 Å². The quantitative estimate of drug-likeness (QED) is 0.693. The molecule has 1 amide bonds. The Labute approximate surface area is 125 Å². The minimum absolute atomic E-state index is 0.162. The number of amides is 1. The van der Waals surface area contributed by atoms with Crippen molar-refractivity contribution in [3.8, 4) is 0 Å². The van der Waals surface area contributed by atoms with Crippen molar-refractivity contribution in [3.05, 3.63) is 29.3 Å². The van der Waals surface area contributed by atoms with Gasteiger partial charge in [-0.3, -0.25) is 4.79 Å². The zero-order chi connectivity index (χ0) is 14.7. The standard InChI is InChI=1S/C12H14ClN5OS/c1-7(20-12-17-16-8(2)18(12)3)11(19)15-9-5-4-6-14-10(9)13/h4-7H,1-3H3,(H,15,19)/t7-/m1/s1. The molecule has 2 aromatic heterocycles. The van der Waals surface area contributed by atoms with Crippen molar-refractivity contribution >= 4 is 35.0 Å². The molecule has 1 atom stereocenters. The van der Waals surface area contributed by atoms with Gasteiger partial charge in [0.15, 0.2) is 10.3 Å². The molecule has 0 saturated heterocycles. The lowest BCUT2D eigenvalue weighted by molar-refractivity contribution is -0.115. The predicted molar refractivity (Wildman–Crippen MR) is 78.9 cm³/mol. The van der Waals surface area contributed by atoms with Gasteiger partial charge in [-0.2, -0.15) is 0 Å². The molecule has 2 aromatic rings. The molecular weight excluding hydrogens is 298 g/mol. The second kappa shape index (κ2) is 6.23. The highest BCUT2D eigenvalue weighted by Gasteiger charge is 2.18. The molecule has 20 heavy (non-hydrogen) atoms. The number of thioether (sulfide) groups is 1. The van der Waals surface area contributed by atoms with Crippen LogP contribution in [0.3, 0.4) is 0 Å². The van der Waals surface area contributed by atoms with Crippen molar-refractivity contribution < 1.29 is 4.79 Å². The van der Waals surface area contributed by atoms with Crippen LogP contribution in [-0.4, -0.2) is 30.9 Å². The highest BCUT2D eigenvalue weighted by Crippen LogP contribution is 2.24. The van der Waals surface area contributed by atoms with Crippen molar-refractivity contribution in [1.82, 2.24) is 19.7 Å². The number of carbonyl (C=O) groups is 1. The van der Waals surface area contributed by atoms with E-state index in [-0.39, 0.29) is 16.3 Å². The first-order chi connectivity index (χ1) is 9.49. The van der Waals surface area contributed by atoms with E-state index in [4.69, 9.17) is 11.6 Å². The third-order valence-electron chi connectivity index (χ3n) is 2.72. The zero-order valence-electron chi connectivity index (χ0n) is 11.3. The minimum atomic E-state index is -0.325. The highest BCUT2D eigenvalue weighted by atomic mass is 35.5. The molecule has 0 aliphatic rings. The molecule has 0 aliphatic carbocycles. The van der Waals surface area contributed by atoms with E-state index >= 15 is 0 Å². The van der Waals surface area contributed by atoms with Crippen LogP contribution in [0.2, 0.25) is 5.15 Å². The Kier molecular flexibility index (Phi) is 4.61. The lowest BCUT2D eigenvalue weighted by Crippen LogP contribution is -2.23. The number of hydrogen-bond acceptors (Lipinski definition) is 5. The van der Waals surface area contributed by atoms with Crippen molar-refractivity contribution in [2.45, 2.75) is 24.3 Å². The normalized spacial score (nSPS) is 12.2. The number of halogens is 1. The summed E-state index contributed by atoms with van der Waals surface area (Å²) in [6, 6.07) is 3.42. The molecule has 0 fully saturated rings. The van der Waals surface area contributed by atoms with E-state index in [1.54, 1.807) is 25.3 Å². The van der Waals surface area contributed by atoms with Crippen molar-refractivity contribution in [3.63, 3.8) is 0 Å². The Balaban J connectivity index is 2.03. The van der Waals surface area contributed by atoms with Crippen LogP contribution in [0.1, 0.15) is 12.7 Å². The Morgan fingerprint density at radius 3 is 2.85 bits per heavy atom. The Morgan fingerprint density at radius 1 is 1.50 bits per heavy atom. The fraction of sp³-hybridized carbons (Fsp3) is 0.333. The van der Waals surface area contributed by atoms with Crippen LogP contribution in [0.25, 0.3) is 0 Å². The summed E-state index contributed by atoms with van der Waals surface area (Å²) < 4.78 is 1.84. The van der Waals surface area contributed by atoms with Crippen LogP contribution in [0.5, 0.6) is 0 Å². The fourth-order valence-corrected chi connectivity index (χ4v) is 2.44. The first-order valence-corrected chi connectivity index (χ1v) is 7.19. The van der Waals surface area contributed by atoms with Gasteiger partial charge < -0.3 is 9.88 Å². The van der Waals surface area contributed by atoms with E-state index in [2.05, 4.69) is 20.5 Å². The van der Waals surface area contributed by atoms with Gasteiger partial charge in [0, 0.05) is 13.2 Å².